The third-order valence-electron chi connectivity index (χ3n) is 2.81. The maximum atomic E-state index is 9.41. The van der Waals surface area contributed by atoms with Crippen molar-refractivity contribution in [1.29, 1.82) is 0 Å². The highest BCUT2D eigenvalue weighted by Crippen LogP contribution is 2.16. The van der Waals surface area contributed by atoms with Gasteiger partial charge >= 0.3 is 0 Å². The second kappa shape index (κ2) is 5.60. The Labute approximate surface area is 107 Å². The van der Waals surface area contributed by atoms with Crippen LogP contribution in [0.5, 0.6) is 0 Å². The van der Waals surface area contributed by atoms with Crippen LogP contribution >= 0.6 is 0 Å². The molecule has 4 nitrogen and oxygen atoms in total. The van der Waals surface area contributed by atoms with E-state index in [-0.39, 0.29) is 0 Å². The van der Waals surface area contributed by atoms with Crippen LogP contribution in [0.4, 0.5) is 5.69 Å². The van der Waals surface area contributed by atoms with Crippen LogP contribution in [0.25, 0.3) is 0 Å². The third-order valence-corrected chi connectivity index (χ3v) is 2.81. The zero-order chi connectivity index (χ0) is 13.0. The van der Waals surface area contributed by atoms with E-state index < -0.39 is 6.10 Å². The fraction of sp³-hybridized carbons (Fsp3) is 0.286. The SMILES string of the molecule is C[C@H](O)c1ccc(N(C)Cc2ccncc2)cn1. The summed E-state index contributed by atoms with van der Waals surface area (Å²) in [6, 6.07) is 7.81. The summed E-state index contributed by atoms with van der Waals surface area (Å²) in [4.78, 5) is 10.3. The molecule has 0 bridgehead atoms. The van der Waals surface area contributed by atoms with Crippen LogP contribution in [-0.2, 0) is 6.54 Å². The molecule has 0 aromatic carbocycles. The predicted octanol–water partition coefficient (Wildman–Crippen LogP) is 2.17. The molecule has 0 spiro atoms. The molecule has 4 heteroatoms. The quantitative estimate of drug-likeness (QED) is 0.894. The number of aromatic nitrogens is 2. The Kier molecular flexibility index (Phi) is 3.89. The number of nitrogens with zero attached hydrogens (tertiary/aromatic N) is 3. The minimum atomic E-state index is -0.524. The standard InChI is InChI=1S/C14H17N3O/c1-11(18)14-4-3-13(9-16-14)17(2)10-12-5-7-15-8-6-12/h3-9,11,18H,10H2,1-2H3/t11-/m0/s1. The van der Waals surface area contributed by atoms with Gasteiger partial charge in [-0.25, -0.2) is 0 Å². The molecule has 2 aromatic heterocycles. The largest absolute Gasteiger partial charge is 0.387 e. The molecule has 0 aliphatic carbocycles. The lowest BCUT2D eigenvalue weighted by Gasteiger charge is -2.19. The van der Waals surface area contributed by atoms with E-state index in [9.17, 15) is 5.11 Å². The molecule has 2 aromatic rings. The molecule has 0 radical (unpaired) electrons. The highest BCUT2D eigenvalue weighted by molar-refractivity contribution is 5.44. The van der Waals surface area contributed by atoms with Gasteiger partial charge in [0.2, 0.25) is 0 Å². The van der Waals surface area contributed by atoms with Crippen molar-refractivity contribution in [2.24, 2.45) is 0 Å². The van der Waals surface area contributed by atoms with Gasteiger partial charge in [0.1, 0.15) is 0 Å². The summed E-state index contributed by atoms with van der Waals surface area (Å²) < 4.78 is 0. The van der Waals surface area contributed by atoms with Crippen LogP contribution in [0.1, 0.15) is 24.3 Å². The second-order valence-electron chi connectivity index (χ2n) is 4.33. The first-order chi connectivity index (χ1) is 8.66. The molecule has 0 unspecified atom stereocenters. The number of aliphatic hydroxyl groups excluding tert-OH is 1. The van der Waals surface area contributed by atoms with Gasteiger partial charge in [0, 0.05) is 26.0 Å². The van der Waals surface area contributed by atoms with Crippen molar-refractivity contribution < 1.29 is 5.11 Å². The van der Waals surface area contributed by atoms with Crippen molar-refractivity contribution in [3.05, 3.63) is 54.1 Å². The Morgan fingerprint density at radius 2 is 1.94 bits per heavy atom. The van der Waals surface area contributed by atoms with Gasteiger partial charge in [0.05, 0.1) is 23.7 Å². The van der Waals surface area contributed by atoms with Crippen LogP contribution in [0.15, 0.2) is 42.9 Å². The fourth-order valence-corrected chi connectivity index (χ4v) is 1.72. The zero-order valence-corrected chi connectivity index (χ0v) is 10.6. The lowest BCUT2D eigenvalue weighted by atomic mass is 10.2. The Hall–Kier alpha value is -1.94. The van der Waals surface area contributed by atoms with E-state index >= 15 is 0 Å². The number of aliphatic hydroxyl groups is 1. The van der Waals surface area contributed by atoms with Crippen LogP contribution in [0.3, 0.4) is 0 Å². The molecule has 18 heavy (non-hydrogen) atoms. The summed E-state index contributed by atoms with van der Waals surface area (Å²) >= 11 is 0. The minimum absolute atomic E-state index is 0.524. The minimum Gasteiger partial charge on any atom is -0.387 e. The lowest BCUT2D eigenvalue weighted by molar-refractivity contribution is 0.194. The summed E-state index contributed by atoms with van der Waals surface area (Å²) in [5.74, 6) is 0. The molecular formula is C14H17N3O. The summed E-state index contributed by atoms with van der Waals surface area (Å²) in [5, 5.41) is 9.41. The van der Waals surface area contributed by atoms with Gasteiger partial charge in [-0.05, 0) is 36.8 Å². The average molecular weight is 243 g/mol. The van der Waals surface area contributed by atoms with E-state index in [1.165, 1.54) is 5.56 Å². The molecule has 0 aliphatic rings. The topological polar surface area (TPSA) is 49.2 Å². The van der Waals surface area contributed by atoms with Gasteiger partial charge in [-0.2, -0.15) is 0 Å². The monoisotopic (exact) mass is 243 g/mol. The first-order valence-electron chi connectivity index (χ1n) is 5.91. The number of pyridine rings is 2. The summed E-state index contributed by atoms with van der Waals surface area (Å²) in [5.41, 5.74) is 2.92. The molecule has 94 valence electrons. The van der Waals surface area contributed by atoms with Gasteiger partial charge in [0.15, 0.2) is 0 Å². The van der Waals surface area contributed by atoms with Crippen LogP contribution < -0.4 is 4.90 Å². The maximum Gasteiger partial charge on any atom is 0.0931 e. The van der Waals surface area contributed by atoms with E-state index in [1.807, 2.05) is 31.3 Å². The summed E-state index contributed by atoms with van der Waals surface area (Å²) in [6.45, 7) is 2.51. The number of rotatable bonds is 4. The summed E-state index contributed by atoms with van der Waals surface area (Å²) in [6.07, 6.45) is 4.84. The average Bonchev–Trinajstić information content (AvgIpc) is 2.40. The highest BCUT2D eigenvalue weighted by Gasteiger charge is 2.05. The zero-order valence-electron chi connectivity index (χ0n) is 10.6. The predicted molar refractivity (Wildman–Crippen MR) is 71.2 cm³/mol. The van der Waals surface area contributed by atoms with Crippen LogP contribution in [-0.4, -0.2) is 22.1 Å². The third kappa shape index (κ3) is 3.05. The Morgan fingerprint density at radius 1 is 1.22 bits per heavy atom. The van der Waals surface area contributed by atoms with Crippen LogP contribution in [0, 0.1) is 0 Å². The molecule has 1 N–H and O–H groups in total. The summed E-state index contributed by atoms with van der Waals surface area (Å²) in [7, 11) is 2.01. The number of hydrogen-bond acceptors (Lipinski definition) is 4. The van der Waals surface area contributed by atoms with E-state index in [4.69, 9.17) is 0 Å². The van der Waals surface area contributed by atoms with Crippen molar-refractivity contribution >= 4 is 5.69 Å². The molecule has 0 fully saturated rings. The molecule has 2 rings (SSSR count). The van der Waals surface area contributed by atoms with E-state index in [0.29, 0.717) is 5.69 Å². The van der Waals surface area contributed by atoms with Crippen molar-refractivity contribution in [2.75, 3.05) is 11.9 Å². The van der Waals surface area contributed by atoms with Crippen molar-refractivity contribution in [3.63, 3.8) is 0 Å². The van der Waals surface area contributed by atoms with E-state index in [1.54, 1.807) is 25.5 Å². The van der Waals surface area contributed by atoms with Gasteiger partial charge in [-0.3, -0.25) is 9.97 Å². The lowest BCUT2D eigenvalue weighted by Crippen LogP contribution is -2.16. The molecular weight excluding hydrogens is 226 g/mol. The Morgan fingerprint density at radius 3 is 2.50 bits per heavy atom. The molecule has 0 saturated carbocycles. The maximum absolute atomic E-state index is 9.41. The fourth-order valence-electron chi connectivity index (χ4n) is 1.72. The normalized spacial score (nSPS) is 12.2. The van der Waals surface area contributed by atoms with Crippen molar-refractivity contribution in [2.45, 2.75) is 19.6 Å². The highest BCUT2D eigenvalue weighted by atomic mass is 16.3. The smallest absolute Gasteiger partial charge is 0.0931 e. The second-order valence-corrected chi connectivity index (χ2v) is 4.33. The van der Waals surface area contributed by atoms with E-state index in [2.05, 4.69) is 14.9 Å². The van der Waals surface area contributed by atoms with Gasteiger partial charge in [-0.1, -0.05) is 0 Å². The molecule has 0 saturated heterocycles. The van der Waals surface area contributed by atoms with Crippen molar-refractivity contribution in [1.82, 2.24) is 9.97 Å². The van der Waals surface area contributed by atoms with Crippen molar-refractivity contribution in [3.8, 4) is 0 Å². The Balaban J connectivity index is 2.07. The van der Waals surface area contributed by atoms with Gasteiger partial charge in [0.25, 0.3) is 0 Å². The van der Waals surface area contributed by atoms with Gasteiger partial charge in [-0.15, -0.1) is 0 Å². The van der Waals surface area contributed by atoms with Gasteiger partial charge < -0.3 is 10.0 Å². The van der Waals surface area contributed by atoms with E-state index in [0.717, 1.165) is 12.2 Å². The van der Waals surface area contributed by atoms with Crippen LogP contribution in [0.2, 0.25) is 0 Å². The number of anilines is 1. The molecule has 0 aliphatic heterocycles. The Bertz CT molecular complexity index is 482. The molecule has 1 atom stereocenters. The number of hydrogen-bond donors (Lipinski definition) is 1. The molecule has 0 amide bonds. The molecule has 2 heterocycles. The first kappa shape index (κ1) is 12.5. The first-order valence-corrected chi connectivity index (χ1v) is 5.91.